The average Bonchev–Trinajstić information content (AvgIpc) is 3.13. The smallest absolute Gasteiger partial charge is 0.219 e. The van der Waals surface area contributed by atoms with E-state index < -0.39 is 0 Å². The van der Waals surface area contributed by atoms with Crippen molar-refractivity contribution in [1.29, 1.82) is 0 Å². The van der Waals surface area contributed by atoms with Gasteiger partial charge in [0.25, 0.3) is 0 Å². The fourth-order valence-electron chi connectivity index (χ4n) is 7.72. The van der Waals surface area contributed by atoms with Crippen LogP contribution >= 0.6 is 0 Å². The van der Waals surface area contributed by atoms with Gasteiger partial charge in [-0.3, -0.25) is 14.4 Å². The summed E-state index contributed by atoms with van der Waals surface area (Å²) in [5, 5.41) is 2.69. The van der Waals surface area contributed by atoms with E-state index in [1.807, 2.05) is 6.08 Å². The summed E-state index contributed by atoms with van der Waals surface area (Å²) in [6, 6.07) is 0. The second-order valence-electron chi connectivity index (χ2n) is 11.6. The highest BCUT2D eigenvalue weighted by atomic mass is 16.1. The third-order valence-corrected chi connectivity index (χ3v) is 9.54. The van der Waals surface area contributed by atoms with Gasteiger partial charge < -0.3 is 5.32 Å². The highest BCUT2D eigenvalue weighted by molar-refractivity contribution is 5.93. The van der Waals surface area contributed by atoms with Crippen LogP contribution in [-0.4, -0.2) is 24.5 Å². The minimum atomic E-state index is -0.111. The second-order valence-corrected chi connectivity index (χ2v) is 11.6. The number of allylic oxidation sites excluding steroid dienone is 4. The largest absolute Gasteiger partial charge is 0.359 e. The molecule has 0 unspecified atom stereocenters. The van der Waals surface area contributed by atoms with Gasteiger partial charge in [-0.25, -0.2) is 0 Å². The van der Waals surface area contributed by atoms with Gasteiger partial charge in [0.15, 0.2) is 5.78 Å². The van der Waals surface area contributed by atoms with Crippen LogP contribution in [0, 0.1) is 23.2 Å². The monoisotopic (exact) mass is 467 g/mol. The van der Waals surface area contributed by atoms with Crippen molar-refractivity contribution in [3.05, 3.63) is 22.8 Å². The first-order valence-electron chi connectivity index (χ1n) is 14.1. The number of rotatable bonds is 11. The van der Waals surface area contributed by atoms with Crippen LogP contribution in [0.4, 0.5) is 0 Å². The molecular formula is C30H45NO3. The molecule has 4 heteroatoms. The van der Waals surface area contributed by atoms with Gasteiger partial charge in [0.1, 0.15) is 5.78 Å². The van der Waals surface area contributed by atoms with Crippen molar-refractivity contribution >= 4 is 17.5 Å². The molecule has 0 radical (unpaired) electrons. The van der Waals surface area contributed by atoms with Gasteiger partial charge >= 0.3 is 0 Å². The molecule has 4 rings (SSSR count). The van der Waals surface area contributed by atoms with Gasteiger partial charge in [-0.1, -0.05) is 57.4 Å². The average molecular weight is 468 g/mol. The van der Waals surface area contributed by atoms with Crippen molar-refractivity contribution in [2.75, 3.05) is 7.05 Å². The number of nitrogens with one attached hydrogen (secondary N) is 1. The summed E-state index contributed by atoms with van der Waals surface area (Å²) >= 11 is 0. The first-order chi connectivity index (χ1) is 16.4. The predicted molar refractivity (Wildman–Crippen MR) is 136 cm³/mol. The molecule has 4 aliphatic carbocycles. The summed E-state index contributed by atoms with van der Waals surface area (Å²) in [6.07, 6.45) is 20.2. The lowest BCUT2D eigenvalue weighted by atomic mass is 9.53. The third kappa shape index (κ3) is 5.41. The normalized spacial score (nSPS) is 30.5. The van der Waals surface area contributed by atoms with Crippen LogP contribution in [0.5, 0.6) is 0 Å². The summed E-state index contributed by atoms with van der Waals surface area (Å²) in [7, 11) is 1.71. The van der Waals surface area contributed by atoms with E-state index in [0.717, 1.165) is 51.4 Å². The van der Waals surface area contributed by atoms with E-state index in [-0.39, 0.29) is 11.3 Å². The molecule has 1 N–H and O–H groups in total. The van der Waals surface area contributed by atoms with Gasteiger partial charge in [-0.2, -0.15) is 0 Å². The minimum Gasteiger partial charge on any atom is -0.359 e. The predicted octanol–water partition coefficient (Wildman–Crippen LogP) is 6.63. The van der Waals surface area contributed by atoms with Crippen molar-refractivity contribution in [2.24, 2.45) is 23.2 Å². The molecular weight excluding hydrogens is 422 g/mol. The molecule has 4 aliphatic rings. The summed E-state index contributed by atoms with van der Waals surface area (Å²) in [4.78, 5) is 36.3. The van der Waals surface area contributed by atoms with E-state index in [2.05, 4.69) is 12.2 Å². The Morgan fingerprint density at radius 1 is 0.941 bits per heavy atom. The van der Waals surface area contributed by atoms with Crippen LogP contribution in [0.15, 0.2) is 22.8 Å². The van der Waals surface area contributed by atoms with Crippen molar-refractivity contribution in [1.82, 2.24) is 5.32 Å². The van der Waals surface area contributed by atoms with E-state index in [4.69, 9.17) is 0 Å². The van der Waals surface area contributed by atoms with E-state index in [1.165, 1.54) is 56.1 Å². The van der Waals surface area contributed by atoms with Crippen LogP contribution in [0.25, 0.3) is 0 Å². The maximum atomic E-state index is 13.0. The molecule has 0 saturated heterocycles. The molecule has 0 bridgehead atoms. The Morgan fingerprint density at radius 2 is 1.65 bits per heavy atom. The Kier molecular flexibility index (Phi) is 8.47. The number of fused-ring (bicyclic) bond motifs is 4. The Labute approximate surface area is 206 Å². The van der Waals surface area contributed by atoms with Gasteiger partial charge in [-0.15, -0.1) is 0 Å². The Hall–Kier alpha value is -1.71. The number of Topliss-reactive ketones (excluding diaryl/α,β-unsaturated/α-hetero) is 1. The van der Waals surface area contributed by atoms with Crippen LogP contribution in [0.2, 0.25) is 0 Å². The van der Waals surface area contributed by atoms with Gasteiger partial charge in [0.2, 0.25) is 5.91 Å². The summed E-state index contributed by atoms with van der Waals surface area (Å²) in [5.41, 5.74) is 4.42. The SMILES string of the molecule is CNC(=O)CCCCCCCCCC[C@H]1C[C@]2(C)C(=O)CC[C@H]2[C@@H]2CCC3=CC(=O)CCC3=C12. The number of carbonyl (C=O) groups excluding carboxylic acids is 3. The number of hydrogen-bond acceptors (Lipinski definition) is 3. The molecule has 0 aromatic heterocycles. The van der Waals surface area contributed by atoms with E-state index >= 15 is 0 Å². The van der Waals surface area contributed by atoms with Crippen molar-refractivity contribution in [3.8, 4) is 0 Å². The molecule has 34 heavy (non-hydrogen) atoms. The first-order valence-corrected chi connectivity index (χ1v) is 14.1. The zero-order chi connectivity index (χ0) is 24.1. The minimum absolute atomic E-state index is 0.111. The Morgan fingerprint density at radius 3 is 2.38 bits per heavy atom. The van der Waals surface area contributed by atoms with E-state index in [1.54, 1.807) is 12.6 Å². The number of unbranched alkanes of at least 4 members (excludes halogenated alkanes) is 7. The molecule has 0 aliphatic heterocycles. The number of hydrogen-bond donors (Lipinski definition) is 1. The number of ketones is 2. The van der Waals surface area contributed by atoms with Crippen LogP contribution < -0.4 is 5.32 Å². The third-order valence-electron chi connectivity index (χ3n) is 9.54. The van der Waals surface area contributed by atoms with Gasteiger partial charge in [-0.05, 0) is 79.9 Å². The summed E-state index contributed by atoms with van der Waals surface area (Å²) in [5.74, 6) is 2.61. The van der Waals surface area contributed by atoms with Gasteiger partial charge in [0.05, 0.1) is 0 Å². The number of amides is 1. The lowest BCUT2D eigenvalue weighted by Crippen LogP contribution is -2.44. The lowest BCUT2D eigenvalue weighted by molar-refractivity contribution is -0.129. The van der Waals surface area contributed by atoms with E-state index in [9.17, 15) is 14.4 Å². The Balaban J connectivity index is 1.30. The fourth-order valence-corrected chi connectivity index (χ4v) is 7.72. The maximum absolute atomic E-state index is 13.0. The highest BCUT2D eigenvalue weighted by Gasteiger charge is 2.55. The standard InChI is InChI=1S/C30H45NO3/c1-30-20-22(11-9-7-5-3-4-6-8-10-12-28(34)31-2)29-24-16-14-23(32)19-21(24)13-15-25(29)26(30)17-18-27(30)33/h19,22,25-26H,3-18,20H2,1-2H3,(H,31,34)/t22-,25-,26-,30-/m0/s1. The molecule has 0 heterocycles. The molecule has 2 saturated carbocycles. The second kappa shape index (κ2) is 11.4. The van der Waals surface area contributed by atoms with E-state index in [0.29, 0.717) is 42.2 Å². The van der Waals surface area contributed by atoms with Crippen LogP contribution in [0.1, 0.15) is 116 Å². The van der Waals surface area contributed by atoms with Gasteiger partial charge in [0, 0.05) is 31.7 Å². The number of carbonyl (C=O) groups is 3. The van der Waals surface area contributed by atoms with Crippen LogP contribution in [0.3, 0.4) is 0 Å². The van der Waals surface area contributed by atoms with Crippen LogP contribution in [-0.2, 0) is 14.4 Å². The molecule has 1 amide bonds. The topological polar surface area (TPSA) is 63.2 Å². The first kappa shape index (κ1) is 25.4. The molecule has 4 nitrogen and oxygen atoms in total. The summed E-state index contributed by atoms with van der Waals surface area (Å²) in [6.45, 7) is 2.28. The molecule has 2 fully saturated rings. The zero-order valence-corrected chi connectivity index (χ0v) is 21.6. The molecule has 188 valence electrons. The zero-order valence-electron chi connectivity index (χ0n) is 21.6. The molecule has 0 spiro atoms. The quantitative estimate of drug-likeness (QED) is 0.347. The van der Waals surface area contributed by atoms with Crippen molar-refractivity contribution in [3.63, 3.8) is 0 Å². The molecule has 0 aromatic carbocycles. The Bertz CT molecular complexity index is 853. The highest BCUT2D eigenvalue weighted by Crippen LogP contribution is 2.61. The fraction of sp³-hybridized carbons (Fsp3) is 0.767. The molecule has 4 atom stereocenters. The van der Waals surface area contributed by atoms with Crippen molar-refractivity contribution < 1.29 is 14.4 Å². The maximum Gasteiger partial charge on any atom is 0.219 e. The summed E-state index contributed by atoms with van der Waals surface area (Å²) < 4.78 is 0. The lowest BCUT2D eigenvalue weighted by Gasteiger charge is -2.50. The van der Waals surface area contributed by atoms with Crippen molar-refractivity contribution in [2.45, 2.75) is 116 Å². The molecule has 0 aromatic rings.